The number of hydrogen-bond acceptors (Lipinski definition) is 1. The first-order valence-corrected chi connectivity index (χ1v) is 6.06. The molecule has 0 bridgehead atoms. The van der Waals surface area contributed by atoms with Crippen molar-refractivity contribution >= 4 is 0 Å². The summed E-state index contributed by atoms with van der Waals surface area (Å²) >= 11 is 0. The van der Waals surface area contributed by atoms with Crippen LogP contribution >= 0.6 is 0 Å². The highest BCUT2D eigenvalue weighted by molar-refractivity contribution is 5.29. The fourth-order valence-electron chi connectivity index (χ4n) is 2.09. The topological polar surface area (TPSA) is 20.2 Å². The number of aliphatic hydroxyl groups excluding tert-OH is 1. The van der Waals surface area contributed by atoms with Gasteiger partial charge in [-0.15, -0.1) is 0 Å². The van der Waals surface area contributed by atoms with Crippen molar-refractivity contribution in [1.82, 2.24) is 0 Å². The molecule has 94 valence electrons. The summed E-state index contributed by atoms with van der Waals surface area (Å²) in [5, 5.41) is 10.1. The molecule has 2 aromatic rings. The molecule has 0 heterocycles. The summed E-state index contributed by atoms with van der Waals surface area (Å²) in [6.45, 7) is 3.89. The van der Waals surface area contributed by atoms with Gasteiger partial charge in [-0.3, -0.25) is 0 Å². The van der Waals surface area contributed by atoms with Gasteiger partial charge in [-0.2, -0.15) is 0 Å². The summed E-state index contributed by atoms with van der Waals surface area (Å²) < 4.78 is 13.6. The molecule has 0 fully saturated rings. The van der Waals surface area contributed by atoms with Crippen LogP contribution in [0.5, 0.6) is 0 Å². The number of hydrogen-bond donors (Lipinski definition) is 1. The van der Waals surface area contributed by atoms with Crippen LogP contribution in [0.1, 0.15) is 28.4 Å². The summed E-state index contributed by atoms with van der Waals surface area (Å²) in [7, 11) is 0. The van der Waals surface area contributed by atoms with Crippen LogP contribution in [0.2, 0.25) is 0 Å². The lowest BCUT2D eigenvalue weighted by Gasteiger charge is -2.13. The molecule has 1 unspecified atom stereocenters. The minimum absolute atomic E-state index is 0.347. The van der Waals surface area contributed by atoms with Gasteiger partial charge in [0.25, 0.3) is 0 Å². The third-order valence-corrected chi connectivity index (χ3v) is 3.02. The fourth-order valence-corrected chi connectivity index (χ4v) is 2.09. The van der Waals surface area contributed by atoms with Gasteiger partial charge in [-0.1, -0.05) is 47.5 Å². The summed E-state index contributed by atoms with van der Waals surface area (Å²) in [6.07, 6.45) is -0.367. The quantitative estimate of drug-likeness (QED) is 0.872. The van der Waals surface area contributed by atoms with Crippen LogP contribution in [-0.2, 0) is 6.42 Å². The Kier molecular flexibility index (Phi) is 3.78. The maximum atomic E-state index is 13.6. The summed E-state index contributed by atoms with van der Waals surface area (Å²) in [5.41, 5.74) is 3.49. The van der Waals surface area contributed by atoms with Gasteiger partial charge < -0.3 is 5.11 Å². The number of aryl methyl sites for hydroxylation is 2. The van der Waals surface area contributed by atoms with Crippen molar-refractivity contribution in [3.05, 3.63) is 70.5 Å². The third kappa shape index (κ3) is 2.96. The molecule has 2 rings (SSSR count). The Morgan fingerprint density at radius 2 is 1.78 bits per heavy atom. The average molecular weight is 244 g/mol. The van der Waals surface area contributed by atoms with E-state index < -0.39 is 6.10 Å². The molecule has 0 amide bonds. The molecule has 1 nitrogen and oxygen atoms in total. The van der Waals surface area contributed by atoms with E-state index in [9.17, 15) is 9.50 Å². The Balaban J connectivity index is 2.21. The van der Waals surface area contributed by atoms with Crippen LogP contribution < -0.4 is 0 Å². The van der Waals surface area contributed by atoms with Crippen molar-refractivity contribution in [3.8, 4) is 0 Å². The zero-order valence-corrected chi connectivity index (χ0v) is 10.7. The summed E-state index contributed by atoms with van der Waals surface area (Å²) in [5.74, 6) is -0.347. The monoisotopic (exact) mass is 244 g/mol. The molecule has 0 saturated carbocycles. The molecular weight excluding hydrogens is 227 g/mol. The second-order valence-corrected chi connectivity index (χ2v) is 4.73. The Morgan fingerprint density at radius 3 is 2.50 bits per heavy atom. The van der Waals surface area contributed by atoms with Crippen molar-refractivity contribution in [3.63, 3.8) is 0 Å². The molecule has 0 spiro atoms. The van der Waals surface area contributed by atoms with Crippen LogP contribution in [0.25, 0.3) is 0 Å². The third-order valence-electron chi connectivity index (χ3n) is 3.02. The molecule has 0 saturated heterocycles. The van der Waals surface area contributed by atoms with Gasteiger partial charge in [-0.25, -0.2) is 4.39 Å². The van der Waals surface area contributed by atoms with E-state index >= 15 is 0 Å². The summed E-state index contributed by atoms with van der Waals surface area (Å²) in [4.78, 5) is 0. The predicted molar refractivity (Wildman–Crippen MR) is 71.0 cm³/mol. The van der Waals surface area contributed by atoms with Gasteiger partial charge in [0.1, 0.15) is 5.82 Å². The van der Waals surface area contributed by atoms with Crippen molar-refractivity contribution in [1.29, 1.82) is 0 Å². The van der Waals surface area contributed by atoms with Gasteiger partial charge in [-0.05, 0) is 25.5 Å². The van der Waals surface area contributed by atoms with E-state index in [1.54, 1.807) is 12.1 Å². The van der Waals surface area contributed by atoms with E-state index in [-0.39, 0.29) is 5.82 Å². The van der Waals surface area contributed by atoms with E-state index in [2.05, 4.69) is 0 Å². The minimum atomic E-state index is -0.799. The average Bonchev–Trinajstić information content (AvgIpc) is 2.32. The lowest BCUT2D eigenvalue weighted by molar-refractivity contribution is 0.173. The van der Waals surface area contributed by atoms with Crippen LogP contribution in [0.3, 0.4) is 0 Å². The molecule has 0 aliphatic rings. The molecule has 2 aromatic carbocycles. The van der Waals surface area contributed by atoms with Crippen LogP contribution in [0, 0.1) is 19.7 Å². The molecule has 0 aromatic heterocycles. The second-order valence-electron chi connectivity index (χ2n) is 4.73. The van der Waals surface area contributed by atoms with E-state index in [0.29, 0.717) is 12.0 Å². The first kappa shape index (κ1) is 12.8. The highest BCUT2D eigenvalue weighted by Crippen LogP contribution is 2.22. The lowest BCUT2D eigenvalue weighted by Crippen LogP contribution is -2.05. The highest BCUT2D eigenvalue weighted by atomic mass is 19.1. The van der Waals surface area contributed by atoms with E-state index in [1.165, 1.54) is 6.07 Å². The van der Waals surface area contributed by atoms with Crippen LogP contribution in [0.15, 0.2) is 42.5 Å². The smallest absolute Gasteiger partial charge is 0.129 e. The zero-order chi connectivity index (χ0) is 13.1. The van der Waals surface area contributed by atoms with Gasteiger partial charge in [0, 0.05) is 12.0 Å². The van der Waals surface area contributed by atoms with E-state index in [4.69, 9.17) is 0 Å². The maximum Gasteiger partial charge on any atom is 0.129 e. The van der Waals surface area contributed by atoms with Crippen LogP contribution in [-0.4, -0.2) is 5.11 Å². The lowest BCUT2D eigenvalue weighted by atomic mass is 9.98. The molecule has 0 aliphatic carbocycles. The van der Waals surface area contributed by atoms with Crippen LogP contribution in [0.4, 0.5) is 4.39 Å². The molecule has 1 atom stereocenters. The number of aliphatic hydroxyl groups is 1. The van der Waals surface area contributed by atoms with Crippen molar-refractivity contribution in [2.24, 2.45) is 0 Å². The molecule has 2 heteroatoms. The normalized spacial score (nSPS) is 12.4. The molecule has 18 heavy (non-hydrogen) atoms. The first-order chi connectivity index (χ1) is 8.56. The largest absolute Gasteiger partial charge is 0.388 e. The SMILES string of the molecule is Cc1cccc(CC(O)c2cc(C)ccc2F)c1. The standard InChI is InChI=1S/C16H17FO/c1-11-4-3-5-13(8-11)10-16(18)14-9-12(2)6-7-15(14)17/h3-9,16,18H,10H2,1-2H3. The Hall–Kier alpha value is -1.67. The van der Waals surface area contributed by atoms with E-state index in [1.807, 2.05) is 38.1 Å². The molecular formula is C16H17FO. The molecule has 0 aliphatic heterocycles. The van der Waals surface area contributed by atoms with Crippen molar-refractivity contribution in [2.75, 3.05) is 0 Å². The summed E-state index contributed by atoms with van der Waals surface area (Å²) in [6, 6.07) is 12.7. The number of benzene rings is 2. The van der Waals surface area contributed by atoms with E-state index in [0.717, 1.165) is 16.7 Å². The minimum Gasteiger partial charge on any atom is -0.388 e. The number of halogens is 1. The Labute approximate surface area is 107 Å². The predicted octanol–water partition coefficient (Wildman–Crippen LogP) is 3.72. The molecule has 0 radical (unpaired) electrons. The Bertz CT molecular complexity index is 549. The number of rotatable bonds is 3. The maximum absolute atomic E-state index is 13.6. The van der Waals surface area contributed by atoms with Gasteiger partial charge in [0.05, 0.1) is 6.10 Å². The van der Waals surface area contributed by atoms with Crippen molar-refractivity contribution in [2.45, 2.75) is 26.4 Å². The van der Waals surface area contributed by atoms with Gasteiger partial charge in [0.2, 0.25) is 0 Å². The van der Waals surface area contributed by atoms with Crippen molar-refractivity contribution < 1.29 is 9.50 Å². The second kappa shape index (κ2) is 5.32. The molecule has 1 N–H and O–H groups in total. The highest BCUT2D eigenvalue weighted by Gasteiger charge is 2.13. The van der Waals surface area contributed by atoms with Gasteiger partial charge >= 0.3 is 0 Å². The fraction of sp³-hybridized carbons (Fsp3) is 0.250. The Morgan fingerprint density at radius 1 is 1.06 bits per heavy atom. The zero-order valence-electron chi connectivity index (χ0n) is 10.7. The first-order valence-electron chi connectivity index (χ1n) is 6.06. The van der Waals surface area contributed by atoms with Gasteiger partial charge in [0.15, 0.2) is 0 Å².